The molecule has 0 aromatic carbocycles. The van der Waals surface area contributed by atoms with Gasteiger partial charge in [-0.1, -0.05) is 0 Å². The maximum Gasteiger partial charge on any atom is 0.164 e. The van der Waals surface area contributed by atoms with Crippen molar-refractivity contribution in [3.8, 4) is 0 Å². The number of nitrogens with one attached hydrogen (secondary N) is 1. The number of hydrogen-bond donors (Lipinski definition) is 1. The second kappa shape index (κ2) is 6.30. The Bertz CT molecular complexity index is 513. The summed E-state index contributed by atoms with van der Waals surface area (Å²) in [6.07, 6.45) is 3.03. The fourth-order valence-electron chi connectivity index (χ4n) is 2.20. The molecule has 1 atom stereocenters. The average Bonchev–Trinajstić information content (AvgIpc) is 2.76. The number of hydrogen-bond acceptors (Lipinski definition) is 6. The molecule has 5 nitrogen and oxygen atoms in total. The van der Waals surface area contributed by atoms with Crippen molar-refractivity contribution in [2.24, 2.45) is 0 Å². The van der Waals surface area contributed by atoms with Crippen LogP contribution in [0.2, 0.25) is 0 Å². The molecule has 1 saturated heterocycles. The van der Waals surface area contributed by atoms with Gasteiger partial charge in [0.25, 0.3) is 0 Å². The van der Waals surface area contributed by atoms with Gasteiger partial charge in [-0.2, -0.15) is 11.8 Å². The Labute approximate surface area is 118 Å². The molecule has 19 heavy (non-hydrogen) atoms. The molecule has 7 heteroatoms. The molecule has 1 aromatic heterocycles. The van der Waals surface area contributed by atoms with E-state index in [1.165, 1.54) is 6.26 Å². The van der Waals surface area contributed by atoms with Crippen LogP contribution in [-0.4, -0.2) is 50.0 Å². The SMILES string of the molecule is CNCc1coc(CN2CCSCC2S(C)(=O)=O)c1. The van der Waals surface area contributed by atoms with Crippen molar-refractivity contribution >= 4 is 21.6 Å². The highest BCUT2D eigenvalue weighted by Crippen LogP contribution is 2.23. The van der Waals surface area contributed by atoms with Gasteiger partial charge in [0.1, 0.15) is 11.1 Å². The summed E-state index contributed by atoms with van der Waals surface area (Å²) in [4.78, 5) is 1.99. The van der Waals surface area contributed by atoms with E-state index in [0.29, 0.717) is 12.3 Å². The first-order chi connectivity index (χ1) is 9.00. The van der Waals surface area contributed by atoms with Crippen LogP contribution in [-0.2, 0) is 22.9 Å². The summed E-state index contributed by atoms with van der Waals surface area (Å²) in [5.74, 6) is 2.43. The number of thioether (sulfide) groups is 1. The molecule has 1 N–H and O–H groups in total. The lowest BCUT2D eigenvalue weighted by molar-refractivity contribution is 0.240. The van der Waals surface area contributed by atoms with Gasteiger partial charge in [0.15, 0.2) is 9.84 Å². The van der Waals surface area contributed by atoms with Crippen LogP contribution in [0.25, 0.3) is 0 Å². The summed E-state index contributed by atoms with van der Waals surface area (Å²) in [5, 5.41) is 2.66. The monoisotopic (exact) mass is 304 g/mol. The molecular weight excluding hydrogens is 284 g/mol. The lowest BCUT2D eigenvalue weighted by Crippen LogP contribution is -2.46. The number of sulfone groups is 1. The molecule has 0 spiro atoms. The minimum absolute atomic E-state index is 0.399. The van der Waals surface area contributed by atoms with E-state index < -0.39 is 15.2 Å². The summed E-state index contributed by atoms with van der Waals surface area (Å²) >= 11 is 1.70. The lowest BCUT2D eigenvalue weighted by Gasteiger charge is -2.33. The van der Waals surface area contributed by atoms with E-state index in [-0.39, 0.29) is 0 Å². The molecule has 2 rings (SSSR count). The Morgan fingerprint density at radius 2 is 2.37 bits per heavy atom. The van der Waals surface area contributed by atoms with Crippen LogP contribution >= 0.6 is 11.8 Å². The summed E-state index contributed by atoms with van der Waals surface area (Å²) in [5.41, 5.74) is 1.08. The average molecular weight is 304 g/mol. The van der Waals surface area contributed by atoms with E-state index in [1.807, 2.05) is 18.0 Å². The predicted octanol–water partition coefficient (Wildman–Crippen LogP) is 0.919. The number of rotatable bonds is 5. The van der Waals surface area contributed by atoms with Crippen LogP contribution in [0.15, 0.2) is 16.7 Å². The van der Waals surface area contributed by atoms with E-state index in [2.05, 4.69) is 5.32 Å². The Balaban J connectivity index is 2.06. The standard InChI is InChI=1S/C12H20N2O3S2/c1-13-6-10-5-11(17-8-10)7-14-3-4-18-9-12(14)19(2,15)16/h5,8,12-13H,3-4,6-7,9H2,1-2H3. The van der Waals surface area contributed by atoms with Gasteiger partial charge in [0.2, 0.25) is 0 Å². The Morgan fingerprint density at radius 1 is 1.58 bits per heavy atom. The summed E-state index contributed by atoms with van der Waals surface area (Å²) in [7, 11) is -1.16. The maximum atomic E-state index is 11.8. The molecular formula is C12H20N2O3S2. The van der Waals surface area contributed by atoms with Crippen molar-refractivity contribution in [2.75, 3.05) is 31.4 Å². The number of nitrogens with zero attached hydrogens (tertiary/aromatic N) is 1. The largest absolute Gasteiger partial charge is 0.468 e. The third kappa shape index (κ3) is 3.98. The minimum atomic E-state index is -3.05. The second-order valence-electron chi connectivity index (χ2n) is 4.78. The molecule has 0 bridgehead atoms. The van der Waals surface area contributed by atoms with Gasteiger partial charge in [0.05, 0.1) is 12.8 Å². The third-order valence-electron chi connectivity index (χ3n) is 3.13. The Hall–Kier alpha value is -0.500. The Morgan fingerprint density at radius 3 is 3.05 bits per heavy atom. The van der Waals surface area contributed by atoms with Crippen molar-refractivity contribution in [3.63, 3.8) is 0 Å². The first-order valence-electron chi connectivity index (χ1n) is 6.22. The van der Waals surface area contributed by atoms with Crippen LogP contribution in [0.4, 0.5) is 0 Å². The minimum Gasteiger partial charge on any atom is -0.468 e. The molecule has 1 unspecified atom stereocenters. The quantitative estimate of drug-likeness (QED) is 0.873. The fourth-order valence-corrected chi connectivity index (χ4v) is 5.14. The zero-order valence-electron chi connectivity index (χ0n) is 11.3. The van der Waals surface area contributed by atoms with Gasteiger partial charge in [-0.25, -0.2) is 8.42 Å². The molecule has 1 aliphatic rings. The van der Waals surface area contributed by atoms with Crippen molar-refractivity contribution in [1.29, 1.82) is 0 Å². The lowest BCUT2D eigenvalue weighted by atomic mass is 10.3. The second-order valence-corrected chi connectivity index (χ2v) is 8.13. The molecule has 1 aromatic rings. The predicted molar refractivity (Wildman–Crippen MR) is 77.8 cm³/mol. The molecule has 0 amide bonds. The maximum absolute atomic E-state index is 11.8. The third-order valence-corrected chi connectivity index (χ3v) is 5.82. The topological polar surface area (TPSA) is 62.6 Å². The van der Waals surface area contributed by atoms with Crippen molar-refractivity contribution in [2.45, 2.75) is 18.5 Å². The molecule has 108 valence electrons. The first kappa shape index (κ1) is 14.9. The van der Waals surface area contributed by atoms with Crippen LogP contribution in [0.3, 0.4) is 0 Å². The summed E-state index contributed by atoms with van der Waals surface area (Å²) in [6, 6.07) is 1.98. The summed E-state index contributed by atoms with van der Waals surface area (Å²) in [6.45, 7) is 2.10. The van der Waals surface area contributed by atoms with E-state index in [0.717, 1.165) is 30.2 Å². The fraction of sp³-hybridized carbons (Fsp3) is 0.667. The van der Waals surface area contributed by atoms with Crippen molar-refractivity contribution in [3.05, 3.63) is 23.7 Å². The van der Waals surface area contributed by atoms with Gasteiger partial charge in [-0.3, -0.25) is 4.90 Å². The highest BCUT2D eigenvalue weighted by molar-refractivity contribution is 8.00. The smallest absolute Gasteiger partial charge is 0.164 e. The highest BCUT2D eigenvalue weighted by Gasteiger charge is 2.31. The zero-order chi connectivity index (χ0) is 13.9. The molecule has 0 aliphatic carbocycles. The van der Waals surface area contributed by atoms with E-state index >= 15 is 0 Å². The molecule has 0 radical (unpaired) electrons. The van der Waals surface area contributed by atoms with Crippen LogP contribution in [0.1, 0.15) is 11.3 Å². The normalized spacial score (nSPS) is 21.7. The van der Waals surface area contributed by atoms with Crippen molar-refractivity contribution in [1.82, 2.24) is 10.2 Å². The van der Waals surface area contributed by atoms with Crippen LogP contribution in [0, 0.1) is 0 Å². The van der Waals surface area contributed by atoms with Crippen LogP contribution in [0.5, 0.6) is 0 Å². The highest BCUT2D eigenvalue weighted by atomic mass is 32.2. The van der Waals surface area contributed by atoms with Crippen molar-refractivity contribution < 1.29 is 12.8 Å². The van der Waals surface area contributed by atoms with E-state index in [4.69, 9.17) is 4.42 Å². The zero-order valence-corrected chi connectivity index (χ0v) is 12.9. The van der Waals surface area contributed by atoms with E-state index in [9.17, 15) is 8.42 Å². The van der Waals surface area contributed by atoms with Gasteiger partial charge < -0.3 is 9.73 Å². The van der Waals surface area contributed by atoms with E-state index in [1.54, 1.807) is 18.0 Å². The molecule has 1 fully saturated rings. The first-order valence-corrected chi connectivity index (χ1v) is 9.33. The summed E-state index contributed by atoms with van der Waals surface area (Å²) < 4.78 is 29.1. The Kier molecular flexibility index (Phi) is 4.94. The molecule has 0 saturated carbocycles. The molecule has 2 heterocycles. The van der Waals surface area contributed by atoms with Gasteiger partial charge >= 0.3 is 0 Å². The van der Waals surface area contributed by atoms with Gasteiger partial charge in [-0.05, 0) is 13.1 Å². The van der Waals surface area contributed by atoms with Gasteiger partial charge in [0, 0.05) is 36.4 Å². The van der Waals surface area contributed by atoms with Gasteiger partial charge in [-0.15, -0.1) is 0 Å². The molecule has 1 aliphatic heterocycles. The van der Waals surface area contributed by atoms with Crippen LogP contribution < -0.4 is 5.32 Å². The number of furan rings is 1.